The van der Waals surface area contributed by atoms with Crippen LogP contribution < -0.4 is 10.2 Å². The van der Waals surface area contributed by atoms with Crippen LogP contribution in [0.15, 0.2) is 12.3 Å². The second kappa shape index (κ2) is 5.64. The van der Waals surface area contributed by atoms with Crippen molar-refractivity contribution in [3.63, 3.8) is 0 Å². The molecular formula is C13H13ClF3N5O. The standard InChI is InChI=1S/C13H13ClF3N5O/c1-7-6-21(11(23)13(15,16)17)2-3-22(7)10-8-4-18-5-9(8)19-12(14)20-10/h18H,1-6H2. The van der Waals surface area contributed by atoms with Crippen molar-refractivity contribution in [2.45, 2.75) is 19.3 Å². The lowest BCUT2D eigenvalue weighted by molar-refractivity contribution is -0.185. The van der Waals surface area contributed by atoms with E-state index in [-0.39, 0.29) is 24.9 Å². The lowest BCUT2D eigenvalue weighted by Crippen LogP contribution is -2.51. The van der Waals surface area contributed by atoms with Crippen molar-refractivity contribution in [3.8, 4) is 0 Å². The molecule has 0 bridgehead atoms. The van der Waals surface area contributed by atoms with Gasteiger partial charge in [-0.05, 0) is 11.6 Å². The number of amides is 1. The van der Waals surface area contributed by atoms with Crippen LogP contribution in [-0.2, 0) is 17.9 Å². The first-order valence-corrected chi connectivity index (χ1v) is 7.22. The van der Waals surface area contributed by atoms with Gasteiger partial charge in [-0.25, -0.2) is 4.98 Å². The molecule has 0 atom stereocenters. The van der Waals surface area contributed by atoms with Gasteiger partial charge in [-0.1, -0.05) is 6.58 Å². The Hall–Kier alpha value is -1.87. The highest BCUT2D eigenvalue weighted by molar-refractivity contribution is 6.28. The van der Waals surface area contributed by atoms with Gasteiger partial charge < -0.3 is 15.1 Å². The van der Waals surface area contributed by atoms with E-state index in [1.54, 1.807) is 4.90 Å². The quantitative estimate of drug-likeness (QED) is 0.779. The van der Waals surface area contributed by atoms with Crippen LogP contribution in [0.1, 0.15) is 11.3 Å². The largest absolute Gasteiger partial charge is 0.471 e. The predicted octanol–water partition coefficient (Wildman–Crippen LogP) is 1.46. The monoisotopic (exact) mass is 347 g/mol. The number of piperazine rings is 1. The third kappa shape index (κ3) is 2.98. The van der Waals surface area contributed by atoms with E-state index in [1.807, 2.05) is 0 Å². The van der Waals surface area contributed by atoms with Crippen molar-refractivity contribution in [2.75, 3.05) is 24.5 Å². The van der Waals surface area contributed by atoms with Gasteiger partial charge in [0.05, 0.1) is 12.2 Å². The van der Waals surface area contributed by atoms with Gasteiger partial charge in [0.15, 0.2) is 0 Å². The summed E-state index contributed by atoms with van der Waals surface area (Å²) in [6, 6.07) is 0. The first-order valence-electron chi connectivity index (χ1n) is 6.85. The van der Waals surface area contributed by atoms with E-state index in [9.17, 15) is 18.0 Å². The van der Waals surface area contributed by atoms with Gasteiger partial charge in [0.1, 0.15) is 5.82 Å². The van der Waals surface area contributed by atoms with Gasteiger partial charge in [-0.2, -0.15) is 18.2 Å². The molecule has 0 unspecified atom stereocenters. The summed E-state index contributed by atoms with van der Waals surface area (Å²) in [5.74, 6) is -1.32. The molecule has 2 aliphatic heterocycles. The molecule has 0 spiro atoms. The zero-order chi connectivity index (χ0) is 16.8. The number of aromatic nitrogens is 2. The Balaban J connectivity index is 1.83. The molecule has 1 amide bonds. The molecule has 2 aliphatic rings. The fourth-order valence-corrected chi connectivity index (χ4v) is 2.90. The van der Waals surface area contributed by atoms with Gasteiger partial charge in [-0.3, -0.25) is 4.79 Å². The minimum Gasteiger partial charge on any atom is -0.327 e. The highest BCUT2D eigenvalue weighted by atomic mass is 35.5. The van der Waals surface area contributed by atoms with Gasteiger partial charge in [0, 0.05) is 37.4 Å². The minimum absolute atomic E-state index is 0.0683. The topological polar surface area (TPSA) is 61.4 Å². The van der Waals surface area contributed by atoms with E-state index in [1.165, 1.54) is 0 Å². The molecule has 6 nitrogen and oxygen atoms in total. The van der Waals surface area contributed by atoms with Crippen molar-refractivity contribution in [1.29, 1.82) is 0 Å². The number of hydrogen-bond donors (Lipinski definition) is 1. The second-order valence-electron chi connectivity index (χ2n) is 5.29. The van der Waals surface area contributed by atoms with E-state index in [0.29, 0.717) is 24.6 Å². The molecule has 1 N–H and O–H groups in total. The van der Waals surface area contributed by atoms with E-state index < -0.39 is 12.1 Å². The number of nitrogens with one attached hydrogen (secondary N) is 1. The Morgan fingerprint density at radius 1 is 1.26 bits per heavy atom. The Bertz CT molecular complexity index is 678. The molecule has 1 fully saturated rings. The van der Waals surface area contributed by atoms with Crippen LogP contribution in [0, 0.1) is 0 Å². The molecule has 124 valence electrons. The Labute approximate surface area is 134 Å². The normalized spacial score (nSPS) is 18.3. The van der Waals surface area contributed by atoms with E-state index in [0.717, 1.165) is 16.2 Å². The molecule has 0 radical (unpaired) electrons. The number of carbonyl (C=O) groups excluding carboxylic acids is 1. The maximum absolute atomic E-state index is 12.5. The van der Waals surface area contributed by atoms with Crippen LogP contribution in [0.3, 0.4) is 0 Å². The Morgan fingerprint density at radius 3 is 2.65 bits per heavy atom. The highest BCUT2D eigenvalue weighted by Crippen LogP contribution is 2.30. The zero-order valence-corrected chi connectivity index (χ0v) is 12.7. The predicted molar refractivity (Wildman–Crippen MR) is 76.7 cm³/mol. The molecule has 3 heterocycles. The molecule has 1 aromatic rings. The first-order chi connectivity index (χ1) is 10.8. The van der Waals surface area contributed by atoms with Crippen LogP contribution in [0.25, 0.3) is 0 Å². The van der Waals surface area contributed by atoms with Crippen LogP contribution >= 0.6 is 11.6 Å². The molecule has 0 saturated carbocycles. The number of nitrogens with zero attached hydrogens (tertiary/aromatic N) is 4. The number of anilines is 1. The van der Waals surface area contributed by atoms with Crippen LogP contribution in [0.4, 0.5) is 19.0 Å². The van der Waals surface area contributed by atoms with Gasteiger partial charge in [0.2, 0.25) is 5.28 Å². The SMILES string of the molecule is C=C1CN(C(=O)C(F)(F)F)CCN1c1nc(Cl)nc2c1CNC2. The average Bonchev–Trinajstić information content (AvgIpc) is 2.92. The molecule has 10 heteroatoms. The summed E-state index contributed by atoms with van der Waals surface area (Å²) in [7, 11) is 0. The lowest BCUT2D eigenvalue weighted by atomic mass is 10.2. The number of alkyl halides is 3. The van der Waals surface area contributed by atoms with E-state index >= 15 is 0 Å². The molecule has 3 rings (SSSR count). The maximum atomic E-state index is 12.5. The number of carbonyl (C=O) groups is 1. The van der Waals surface area contributed by atoms with Crippen molar-refractivity contribution in [1.82, 2.24) is 20.2 Å². The fraction of sp³-hybridized carbons (Fsp3) is 0.462. The third-order valence-electron chi connectivity index (χ3n) is 3.77. The summed E-state index contributed by atoms with van der Waals surface area (Å²) in [4.78, 5) is 22.1. The Kier molecular flexibility index (Phi) is 3.93. The summed E-state index contributed by atoms with van der Waals surface area (Å²) in [6.45, 7) is 4.79. The molecule has 1 aromatic heterocycles. The number of halogens is 4. The third-order valence-corrected chi connectivity index (χ3v) is 3.94. The summed E-state index contributed by atoms with van der Waals surface area (Å²) in [5.41, 5.74) is 1.98. The molecule has 0 aliphatic carbocycles. The summed E-state index contributed by atoms with van der Waals surface area (Å²) in [5, 5.41) is 3.20. The van der Waals surface area contributed by atoms with Crippen molar-refractivity contribution in [3.05, 3.63) is 28.8 Å². The van der Waals surface area contributed by atoms with Crippen molar-refractivity contribution in [2.24, 2.45) is 0 Å². The van der Waals surface area contributed by atoms with Crippen molar-refractivity contribution < 1.29 is 18.0 Å². The first kappa shape index (κ1) is 16.0. The van der Waals surface area contributed by atoms with E-state index in [4.69, 9.17) is 11.6 Å². The molecule has 1 saturated heterocycles. The minimum atomic E-state index is -4.88. The van der Waals surface area contributed by atoms with E-state index in [2.05, 4.69) is 21.9 Å². The maximum Gasteiger partial charge on any atom is 0.471 e. The lowest BCUT2D eigenvalue weighted by Gasteiger charge is -2.37. The van der Waals surface area contributed by atoms with Crippen LogP contribution in [0.2, 0.25) is 5.28 Å². The summed E-state index contributed by atoms with van der Waals surface area (Å²) < 4.78 is 37.6. The van der Waals surface area contributed by atoms with Gasteiger partial charge in [0.25, 0.3) is 0 Å². The van der Waals surface area contributed by atoms with Gasteiger partial charge >= 0.3 is 12.1 Å². The number of rotatable bonds is 1. The van der Waals surface area contributed by atoms with Crippen LogP contribution in [0.5, 0.6) is 0 Å². The van der Waals surface area contributed by atoms with Crippen LogP contribution in [-0.4, -0.2) is 46.6 Å². The molecular weight excluding hydrogens is 335 g/mol. The number of hydrogen-bond acceptors (Lipinski definition) is 5. The number of fused-ring (bicyclic) bond motifs is 1. The highest BCUT2D eigenvalue weighted by Gasteiger charge is 2.44. The fourth-order valence-electron chi connectivity index (χ4n) is 2.72. The second-order valence-corrected chi connectivity index (χ2v) is 5.63. The summed E-state index contributed by atoms with van der Waals surface area (Å²) >= 11 is 5.91. The zero-order valence-electron chi connectivity index (χ0n) is 12.0. The average molecular weight is 348 g/mol. The Morgan fingerprint density at radius 2 is 2.00 bits per heavy atom. The van der Waals surface area contributed by atoms with Gasteiger partial charge in [-0.15, -0.1) is 0 Å². The molecule has 0 aromatic carbocycles. The smallest absolute Gasteiger partial charge is 0.327 e. The summed E-state index contributed by atoms with van der Waals surface area (Å²) in [6.07, 6.45) is -4.88. The molecule has 23 heavy (non-hydrogen) atoms. The van der Waals surface area contributed by atoms with Crippen molar-refractivity contribution >= 4 is 23.3 Å².